The molecule has 1 aromatic carbocycles. The number of ketones is 1. The number of carbonyl (C=O) groups excluding carboxylic acids is 1. The van der Waals surface area contributed by atoms with Crippen LogP contribution in [0.15, 0.2) is 30.3 Å². The molecule has 98 valence electrons. The van der Waals surface area contributed by atoms with Gasteiger partial charge in [0.25, 0.3) is 0 Å². The zero-order chi connectivity index (χ0) is 13.1. The van der Waals surface area contributed by atoms with Crippen molar-refractivity contribution in [2.24, 2.45) is 0 Å². The van der Waals surface area contributed by atoms with Crippen molar-refractivity contribution in [3.05, 3.63) is 35.9 Å². The molecule has 3 atom stereocenters. The first-order chi connectivity index (χ1) is 8.61. The number of nitrogens with zero attached hydrogens (tertiary/aromatic N) is 1. The lowest BCUT2D eigenvalue weighted by Gasteiger charge is -2.40. The van der Waals surface area contributed by atoms with Crippen LogP contribution >= 0.6 is 11.8 Å². The molecule has 2 nitrogen and oxygen atoms in total. The Morgan fingerprint density at radius 3 is 2.67 bits per heavy atom. The van der Waals surface area contributed by atoms with E-state index in [1.54, 1.807) is 0 Å². The van der Waals surface area contributed by atoms with Crippen molar-refractivity contribution in [2.75, 3.05) is 12.3 Å². The molecule has 1 aromatic rings. The third-order valence-corrected chi connectivity index (χ3v) is 5.21. The van der Waals surface area contributed by atoms with Crippen molar-refractivity contribution in [3.63, 3.8) is 0 Å². The summed E-state index contributed by atoms with van der Waals surface area (Å²) < 4.78 is 0. The molecule has 0 bridgehead atoms. The number of rotatable bonds is 3. The van der Waals surface area contributed by atoms with E-state index in [0.29, 0.717) is 11.3 Å². The molecule has 1 heterocycles. The summed E-state index contributed by atoms with van der Waals surface area (Å²) >= 11 is 2.00. The zero-order valence-corrected chi connectivity index (χ0v) is 12.1. The van der Waals surface area contributed by atoms with Crippen LogP contribution in [0.3, 0.4) is 0 Å². The fourth-order valence-corrected chi connectivity index (χ4v) is 3.62. The first-order valence-electron chi connectivity index (χ1n) is 6.58. The summed E-state index contributed by atoms with van der Waals surface area (Å²) in [5, 5.41) is 0.602. The van der Waals surface area contributed by atoms with Gasteiger partial charge in [0, 0.05) is 29.2 Å². The molecule has 1 fully saturated rings. The molecule has 18 heavy (non-hydrogen) atoms. The van der Waals surface area contributed by atoms with Crippen LogP contribution in [0.2, 0.25) is 0 Å². The number of Topliss-reactive ketones (excluding diaryl/α,β-unsaturated/α-hetero) is 1. The van der Waals surface area contributed by atoms with Gasteiger partial charge in [-0.25, -0.2) is 0 Å². The van der Waals surface area contributed by atoms with Crippen LogP contribution in [0, 0.1) is 0 Å². The molecular weight excluding hydrogens is 242 g/mol. The second-order valence-electron chi connectivity index (χ2n) is 4.96. The van der Waals surface area contributed by atoms with Gasteiger partial charge in [-0.05, 0) is 13.8 Å². The Morgan fingerprint density at radius 1 is 1.33 bits per heavy atom. The first-order valence-corrected chi connectivity index (χ1v) is 7.62. The van der Waals surface area contributed by atoms with Crippen molar-refractivity contribution >= 4 is 17.5 Å². The van der Waals surface area contributed by atoms with E-state index in [1.165, 1.54) is 0 Å². The smallest absolute Gasteiger partial charge is 0.179 e. The Kier molecular flexibility index (Phi) is 4.46. The van der Waals surface area contributed by atoms with E-state index in [2.05, 4.69) is 18.7 Å². The molecule has 0 N–H and O–H groups in total. The summed E-state index contributed by atoms with van der Waals surface area (Å²) in [6.07, 6.45) is 0. The standard InChI is InChI=1S/C15H21NOS/c1-11-13(3)18-10-9-16(11)12(2)15(17)14-7-5-4-6-8-14/h4-8,11-13H,9-10H2,1-3H3. The van der Waals surface area contributed by atoms with Crippen molar-refractivity contribution in [1.82, 2.24) is 4.90 Å². The SMILES string of the molecule is CC1SCCN(C(C)C(=O)c2ccccc2)C1C. The van der Waals surface area contributed by atoms with Crippen LogP contribution < -0.4 is 0 Å². The molecule has 3 heteroatoms. The predicted molar refractivity (Wildman–Crippen MR) is 78.3 cm³/mol. The average molecular weight is 263 g/mol. The second-order valence-corrected chi connectivity index (χ2v) is 6.45. The van der Waals surface area contributed by atoms with Crippen LogP contribution in [0.4, 0.5) is 0 Å². The molecule has 1 aliphatic heterocycles. The molecule has 2 rings (SSSR count). The van der Waals surface area contributed by atoms with Crippen LogP contribution in [0.25, 0.3) is 0 Å². The molecule has 0 radical (unpaired) electrons. The monoisotopic (exact) mass is 263 g/mol. The summed E-state index contributed by atoms with van der Waals surface area (Å²) in [7, 11) is 0. The van der Waals surface area contributed by atoms with E-state index in [4.69, 9.17) is 0 Å². The number of carbonyl (C=O) groups is 1. The fourth-order valence-electron chi connectivity index (χ4n) is 2.50. The topological polar surface area (TPSA) is 20.3 Å². The molecule has 0 saturated carbocycles. The van der Waals surface area contributed by atoms with Crippen LogP contribution in [0.1, 0.15) is 31.1 Å². The largest absolute Gasteiger partial charge is 0.292 e. The second kappa shape index (κ2) is 5.89. The fraction of sp³-hybridized carbons (Fsp3) is 0.533. The quantitative estimate of drug-likeness (QED) is 0.782. The lowest BCUT2D eigenvalue weighted by Crippen LogP contribution is -2.51. The van der Waals surface area contributed by atoms with Gasteiger partial charge in [-0.3, -0.25) is 9.69 Å². The lowest BCUT2D eigenvalue weighted by molar-refractivity contribution is 0.0781. The Labute approximate surface area is 114 Å². The third kappa shape index (κ3) is 2.78. The zero-order valence-electron chi connectivity index (χ0n) is 11.3. The van der Waals surface area contributed by atoms with Gasteiger partial charge in [0.2, 0.25) is 0 Å². The van der Waals surface area contributed by atoms with E-state index in [9.17, 15) is 4.79 Å². The number of hydrogen-bond donors (Lipinski definition) is 0. The summed E-state index contributed by atoms with van der Waals surface area (Å²) in [6.45, 7) is 7.53. The van der Waals surface area contributed by atoms with Crippen LogP contribution in [0.5, 0.6) is 0 Å². The highest BCUT2D eigenvalue weighted by Gasteiger charge is 2.31. The minimum Gasteiger partial charge on any atom is -0.292 e. The van der Waals surface area contributed by atoms with Crippen molar-refractivity contribution in [1.29, 1.82) is 0 Å². The number of benzene rings is 1. The van der Waals surface area contributed by atoms with E-state index in [-0.39, 0.29) is 11.8 Å². The third-order valence-electron chi connectivity index (χ3n) is 3.87. The van der Waals surface area contributed by atoms with Gasteiger partial charge in [0.15, 0.2) is 5.78 Å². The van der Waals surface area contributed by atoms with Crippen LogP contribution in [-0.4, -0.2) is 40.3 Å². The van der Waals surface area contributed by atoms with Gasteiger partial charge < -0.3 is 0 Å². The average Bonchev–Trinajstić information content (AvgIpc) is 2.41. The van der Waals surface area contributed by atoms with Gasteiger partial charge >= 0.3 is 0 Å². The highest BCUT2D eigenvalue weighted by atomic mass is 32.2. The van der Waals surface area contributed by atoms with Gasteiger partial charge in [-0.1, -0.05) is 37.3 Å². The molecule has 0 aliphatic carbocycles. The Bertz CT molecular complexity index is 406. The summed E-state index contributed by atoms with van der Waals surface area (Å²) in [6, 6.07) is 10.1. The van der Waals surface area contributed by atoms with Crippen molar-refractivity contribution < 1.29 is 4.79 Å². The molecule has 0 amide bonds. The number of hydrogen-bond acceptors (Lipinski definition) is 3. The van der Waals surface area contributed by atoms with Gasteiger partial charge in [-0.15, -0.1) is 0 Å². The van der Waals surface area contributed by atoms with Gasteiger partial charge in [0.05, 0.1) is 6.04 Å². The van der Waals surface area contributed by atoms with Crippen LogP contribution in [-0.2, 0) is 0 Å². The highest BCUT2D eigenvalue weighted by molar-refractivity contribution is 8.00. The summed E-state index contributed by atoms with van der Waals surface area (Å²) in [4.78, 5) is 14.8. The van der Waals surface area contributed by atoms with Gasteiger partial charge in [0.1, 0.15) is 0 Å². The maximum absolute atomic E-state index is 12.4. The lowest BCUT2D eigenvalue weighted by atomic mass is 10.0. The van der Waals surface area contributed by atoms with E-state index in [1.807, 2.05) is 49.0 Å². The number of thioether (sulfide) groups is 1. The van der Waals surface area contributed by atoms with Crippen molar-refractivity contribution in [3.8, 4) is 0 Å². The van der Waals surface area contributed by atoms with Gasteiger partial charge in [-0.2, -0.15) is 11.8 Å². The Balaban J connectivity index is 2.11. The van der Waals surface area contributed by atoms with Crippen molar-refractivity contribution in [2.45, 2.75) is 38.1 Å². The molecule has 1 aliphatic rings. The Morgan fingerprint density at radius 2 is 2.00 bits per heavy atom. The minimum absolute atomic E-state index is 0.0225. The Hall–Kier alpha value is -0.800. The predicted octanol–water partition coefficient (Wildman–Crippen LogP) is 3.08. The van der Waals surface area contributed by atoms with E-state index < -0.39 is 0 Å². The minimum atomic E-state index is -0.0225. The highest BCUT2D eigenvalue weighted by Crippen LogP contribution is 2.26. The maximum Gasteiger partial charge on any atom is 0.179 e. The molecule has 0 spiro atoms. The summed E-state index contributed by atoms with van der Waals surface area (Å²) in [5.74, 6) is 1.36. The molecule has 3 unspecified atom stereocenters. The normalized spacial score (nSPS) is 26.8. The maximum atomic E-state index is 12.4. The molecule has 0 aromatic heterocycles. The van der Waals surface area contributed by atoms with E-state index in [0.717, 1.165) is 17.9 Å². The van der Waals surface area contributed by atoms with E-state index >= 15 is 0 Å². The first kappa shape index (κ1) is 13.6. The molecular formula is C15H21NOS. The summed E-state index contributed by atoms with van der Waals surface area (Å²) in [5.41, 5.74) is 0.822. The molecule has 1 saturated heterocycles.